The quantitative estimate of drug-likeness (QED) is 0.779. The number of halogens is 1. The molecule has 1 aliphatic rings. The van der Waals surface area contributed by atoms with Gasteiger partial charge in [-0.3, -0.25) is 4.79 Å². The Labute approximate surface area is 132 Å². The Hall–Kier alpha value is -1.06. The van der Waals surface area contributed by atoms with Gasteiger partial charge in [0.1, 0.15) is 0 Å². The van der Waals surface area contributed by atoms with E-state index in [0.29, 0.717) is 6.42 Å². The minimum absolute atomic E-state index is 0.115. The molecule has 1 aromatic carbocycles. The molecular weight excluding hydrogens is 286 g/mol. The van der Waals surface area contributed by atoms with Gasteiger partial charge in [-0.2, -0.15) is 0 Å². The monoisotopic (exact) mass is 309 g/mol. The third kappa shape index (κ3) is 6.49. The molecule has 0 radical (unpaired) electrons. The first kappa shape index (κ1) is 16.3. The van der Waals surface area contributed by atoms with Crippen molar-refractivity contribution in [3.63, 3.8) is 0 Å². The first-order chi connectivity index (χ1) is 10.2. The standard InChI is InChI=1S/C17H24ClNO2/c18-15-8-5-7-14(12-15)6-1-3-10-19-17(20)13-16-9-2-4-11-21-16/h5,7-8,12,16H,1-4,6,9-11,13H2,(H,19,20). The fourth-order valence-electron chi connectivity index (χ4n) is 2.62. The fraction of sp³-hybridized carbons (Fsp3) is 0.588. The van der Waals surface area contributed by atoms with Gasteiger partial charge in [0.15, 0.2) is 0 Å². The molecule has 1 aromatic rings. The number of benzene rings is 1. The molecule has 1 fully saturated rings. The van der Waals surface area contributed by atoms with Gasteiger partial charge in [-0.05, 0) is 56.2 Å². The first-order valence-electron chi connectivity index (χ1n) is 7.87. The van der Waals surface area contributed by atoms with Gasteiger partial charge in [-0.15, -0.1) is 0 Å². The summed E-state index contributed by atoms with van der Waals surface area (Å²) in [5, 5.41) is 3.77. The second-order valence-corrected chi connectivity index (χ2v) is 6.07. The van der Waals surface area contributed by atoms with Gasteiger partial charge in [0, 0.05) is 18.2 Å². The number of hydrogen-bond acceptors (Lipinski definition) is 2. The molecule has 1 heterocycles. The normalized spacial score (nSPS) is 18.4. The molecule has 2 rings (SSSR count). The van der Waals surface area contributed by atoms with E-state index in [4.69, 9.17) is 16.3 Å². The third-order valence-corrected chi connectivity index (χ3v) is 4.03. The van der Waals surface area contributed by atoms with Crippen LogP contribution >= 0.6 is 11.6 Å². The predicted octanol–water partition coefficient (Wildman–Crippen LogP) is 3.74. The van der Waals surface area contributed by atoms with Crippen LogP contribution in [0.2, 0.25) is 5.02 Å². The van der Waals surface area contributed by atoms with E-state index in [9.17, 15) is 4.79 Å². The van der Waals surface area contributed by atoms with Crippen LogP contribution in [0.25, 0.3) is 0 Å². The number of carbonyl (C=O) groups is 1. The molecule has 1 atom stereocenters. The van der Waals surface area contributed by atoms with E-state index in [2.05, 4.69) is 11.4 Å². The highest BCUT2D eigenvalue weighted by atomic mass is 35.5. The van der Waals surface area contributed by atoms with Gasteiger partial charge in [0.2, 0.25) is 5.91 Å². The summed E-state index contributed by atoms with van der Waals surface area (Å²) in [5.74, 6) is 0.115. The summed E-state index contributed by atoms with van der Waals surface area (Å²) in [7, 11) is 0. The van der Waals surface area contributed by atoms with Gasteiger partial charge in [-0.1, -0.05) is 23.7 Å². The molecule has 1 aliphatic heterocycles. The van der Waals surface area contributed by atoms with Crippen molar-refractivity contribution >= 4 is 17.5 Å². The second-order valence-electron chi connectivity index (χ2n) is 5.63. The molecule has 4 heteroatoms. The fourth-order valence-corrected chi connectivity index (χ4v) is 2.83. The highest BCUT2D eigenvalue weighted by Crippen LogP contribution is 2.15. The van der Waals surface area contributed by atoms with Crippen LogP contribution in [0.15, 0.2) is 24.3 Å². The summed E-state index contributed by atoms with van der Waals surface area (Å²) < 4.78 is 5.57. The van der Waals surface area contributed by atoms with Crippen LogP contribution in [0, 0.1) is 0 Å². The molecule has 1 N–H and O–H groups in total. The molecular formula is C17H24ClNO2. The summed E-state index contributed by atoms with van der Waals surface area (Å²) in [5.41, 5.74) is 1.25. The topological polar surface area (TPSA) is 38.3 Å². The van der Waals surface area contributed by atoms with Crippen LogP contribution in [-0.4, -0.2) is 25.2 Å². The number of nitrogens with one attached hydrogen (secondary N) is 1. The molecule has 0 bridgehead atoms. The SMILES string of the molecule is O=C(CC1CCCCO1)NCCCCc1cccc(Cl)c1. The molecule has 0 aliphatic carbocycles. The summed E-state index contributed by atoms with van der Waals surface area (Å²) in [6.07, 6.45) is 7.01. The Kier molecular flexibility index (Phi) is 7.04. The number of carbonyl (C=O) groups excluding carboxylic acids is 1. The largest absolute Gasteiger partial charge is 0.378 e. The van der Waals surface area contributed by atoms with Crippen molar-refractivity contribution in [1.82, 2.24) is 5.32 Å². The number of hydrogen-bond donors (Lipinski definition) is 1. The van der Waals surface area contributed by atoms with Gasteiger partial charge in [0.05, 0.1) is 12.5 Å². The van der Waals surface area contributed by atoms with Gasteiger partial charge < -0.3 is 10.1 Å². The Balaban J connectivity index is 1.53. The first-order valence-corrected chi connectivity index (χ1v) is 8.24. The van der Waals surface area contributed by atoms with E-state index in [0.717, 1.165) is 50.3 Å². The Morgan fingerprint density at radius 3 is 3.00 bits per heavy atom. The molecule has 1 saturated heterocycles. The van der Waals surface area contributed by atoms with E-state index in [1.54, 1.807) is 0 Å². The highest BCUT2D eigenvalue weighted by molar-refractivity contribution is 6.30. The lowest BCUT2D eigenvalue weighted by atomic mass is 10.1. The van der Waals surface area contributed by atoms with Gasteiger partial charge in [0.25, 0.3) is 0 Å². The zero-order chi connectivity index (χ0) is 14.9. The molecule has 1 unspecified atom stereocenters. The number of amides is 1. The minimum atomic E-state index is 0.115. The molecule has 1 amide bonds. The van der Waals surface area contributed by atoms with Crippen molar-refractivity contribution in [1.29, 1.82) is 0 Å². The molecule has 21 heavy (non-hydrogen) atoms. The van der Waals surface area contributed by atoms with E-state index >= 15 is 0 Å². The van der Waals surface area contributed by atoms with Gasteiger partial charge in [-0.25, -0.2) is 0 Å². The highest BCUT2D eigenvalue weighted by Gasteiger charge is 2.17. The van der Waals surface area contributed by atoms with Crippen molar-refractivity contribution in [3.8, 4) is 0 Å². The summed E-state index contributed by atoms with van der Waals surface area (Å²) >= 11 is 5.95. The molecule has 0 spiro atoms. The summed E-state index contributed by atoms with van der Waals surface area (Å²) in [4.78, 5) is 11.8. The zero-order valence-electron chi connectivity index (χ0n) is 12.4. The van der Waals surface area contributed by atoms with Crippen molar-refractivity contribution in [2.75, 3.05) is 13.2 Å². The lowest BCUT2D eigenvalue weighted by molar-refractivity contribution is -0.124. The number of aryl methyl sites for hydroxylation is 1. The van der Waals surface area contributed by atoms with E-state index in [1.807, 2.05) is 18.2 Å². The maximum atomic E-state index is 11.8. The summed E-state index contributed by atoms with van der Waals surface area (Å²) in [6, 6.07) is 7.95. The van der Waals surface area contributed by atoms with Crippen molar-refractivity contribution in [2.24, 2.45) is 0 Å². The van der Waals surface area contributed by atoms with Crippen LogP contribution in [-0.2, 0) is 16.0 Å². The lowest BCUT2D eigenvalue weighted by Gasteiger charge is -2.21. The zero-order valence-corrected chi connectivity index (χ0v) is 13.2. The van der Waals surface area contributed by atoms with Crippen LogP contribution in [0.5, 0.6) is 0 Å². The van der Waals surface area contributed by atoms with Crippen molar-refractivity contribution in [2.45, 2.75) is 51.0 Å². The van der Waals surface area contributed by atoms with Crippen molar-refractivity contribution in [3.05, 3.63) is 34.9 Å². The molecule has 0 aromatic heterocycles. The maximum Gasteiger partial charge on any atom is 0.222 e. The van der Waals surface area contributed by atoms with Gasteiger partial charge >= 0.3 is 0 Å². The minimum Gasteiger partial charge on any atom is -0.378 e. The predicted molar refractivity (Wildman–Crippen MR) is 85.6 cm³/mol. The Morgan fingerprint density at radius 1 is 1.33 bits per heavy atom. The van der Waals surface area contributed by atoms with Crippen LogP contribution in [0.3, 0.4) is 0 Å². The molecule has 3 nitrogen and oxygen atoms in total. The van der Waals surface area contributed by atoms with E-state index < -0.39 is 0 Å². The molecule has 116 valence electrons. The average molecular weight is 310 g/mol. The smallest absolute Gasteiger partial charge is 0.222 e. The van der Waals surface area contributed by atoms with Crippen LogP contribution in [0.4, 0.5) is 0 Å². The third-order valence-electron chi connectivity index (χ3n) is 3.79. The van der Waals surface area contributed by atoms with Crippen LogP contribution < -0.4 is 5.32 Å². The van der Waals surface area contributed by atoms with Crippen LogP contribution in [0.1, 0.15) is 44.1 Å². The van der Waals surface area contributed by atoms with E-state index in [-0.39, 0.29) is 12.0 Å². The van der Waals surface area contributed by atoms with Crippen molar-refractivity contribution < 1.29 is 9.53 Å². The summed E-state index contributed by atoms with van der Waals surface area (Å²) in [6.45, 7) is 1.55. The lowest BCUT2D eigenvalue weighted by Crippen LogP contribution is -2.31. The number of ether oxygens (including phenoxy) is 1. The second kappa shape index (κ2) is 9.06. The van der Waals surface area contributed by atoms with E-state index in [1.165, 1.54) is 12.0 Å². The maximum absolute atomic E-state index is 11.8. The Bertz CT molecular complexity index is 444. The number of unbranched alkanes of at least 4 members (excludes halogenated alkanes) is 1. The number of rotatable bonds is 7. The Morgan fingerprint density at radius 2 is 2.24 bits per heavy atom. The average Bonchev–Trinajstić information content (AvgIpc) is 2.48. The molecule has 0 saturated carbocycles.